The van der Waals surface area contributed by atoms with E-state index in [-0.39, 0.29) is 24.3 Å². The van der Waals surface area contributed by atoms with E-state index in [0.717, 1.165) is 16.9 Å². The summed E-state index contributed by atoms with van der Waals surface area (Å²) in [6.07, 6.45) is 0.254. The summed E-state index contributed by atoms with van der Waals surface area (Å²) in [7, 11) is 1.61. The number of nitrogens with zero attached hydrogens (tertiary/aromatic N) is 1. The average Bonchev–Trinajstić information content (AvgIpc) is 2.66. The van der Waals surface area contributed by atoms with Gasteiger partial charge in [0.2, 0.25) is 11.8 Å². The third-order valence-corrected chi connectivity index (χ3v) is 4.28. The van der Waals surface area contributed by atoms with Crippen LogP contribution in [0.4, 0.5) is 0 Å². The number of methoxy groups -OCH3 is 1. The van der Waals surface area contributed by atoms with Crippen molar-refractivity contribution in [3.05, 3.63) is 65.7 Å². The van der Waals surface area contributed by atoms with E-state index >= 15 is 0 Å². The van der Waals surface area contributed by atoms with Crippen LogP contribution in [0.1, 0.15) is 31.9 Å². The van der Waals surface area contributed by atoms with Crippen molar-refractivity contribution < 1.29 is 14.3 Å². The fourth-order valence-corrected chi connectivity index (χ4v) is 2.83. The van der Waals surface area contributed by atoms with E-state index < -0.39 is 6.04 Å². The molecule has 0 saturated carbocycles. The van der Waals surface area contributed by atoms with Crippen molar-refractivity contribution in [3.8, 4) is 5.75 Å². The molecule has 1 N–H and O–H groups in total. The van der Waals surface area contributed by atoms with Crippen LogP contribution in [0.2, 0.25) is 0 Å². The van der Waals surface area contributed by atoms with Crippen molar-refractivity contribution in [1.29, 1.82) is 0 Å². The van der Waals surface area contributed by atoms with Gasteiger partial charge in [-0.2, -0.15) is 0 Å². The Balaban J connectivity index is 2.23. The van der Waals surface area contributed by atoms with Gasteiger partial charge in [-0.1, -0.05) is 42.5 Å². The highest BCUT2D eigenvalue weighted by atomic mass is 16.5. The predicted octanol–water partition coefficient (Wildman–Crippen LogP) is 3.18. The van der Waals surface area contributed by atoms with Gasteiger partial charge in [-0.3, -0.25) is 9.59 Å². The predicted molar refractivity (Wildman–Crippen MR) is 106 cm³/mol. The Bertz CT molecular complexity index is 759. The second kappa shape index (κ2) is 9.76. The maximum Gasteiger partial charge on any atom is 0.242 e. The molecule has 27 heavy (non-hydrogen) atoms. The maximum absolute atomic E-state index is 13.0. The third kappa shape index (κ3) is 6.13. The molecule has 0 bridgehead atoms. The quantitative estimate of drug-likeness (QED) is 0.779. The average molecular weight is 368 g/mol. The summed E-state index contributed by atoms with van der Waals surface area (Å²) < 4.78 is 5.27. The topological polar surface area (TPSA) is 58.6 Å². The maximum atomic E-state index is 13.0. The fourth-order valence-electron chi connectivity index (χ4n) is 2.83. The Hall–Kier alpha value is -2.82. The summed E-state index contributed by atoms with van der Waals surface area (Å²) in [6, 6.07) is 16.6. The van der Waals surface area contributed by atoms with E-state index in [9.17, 15) is 9.59 Å². The molecule has 0 fully saturated rings. The highest BCUT2D eigenvalue weighted by Crippen LogP contribution is 2.17. The molecule has 0 radical (unpaired) electrons. The van der Waals surface area contributed by atoms with E-state index in [1.165, 1.54) is 0 Å². The Labute approximate surface area is 161 Å². The number of ether oxygens (including phenoxy) is 1. The lowest BCUT2D eigenvalue weighted by molar-refractivity contribution is -0.140. The van der Waals surface area contributed by atoms with Crippen LogP contribution < -0.4 is 10.1 Å². The zero-order valence-electron chi connectivity index (χ0n) is 16.4. The van der Waals surface area contributed by atoms with Gasteiger partial charge < -0.3 is 15.0 Å². The van der Waals surface area contributed by atoms with Crippen molar-refractivity contribution in [3.63, 3.8) is 0 Å². The molecule has 0 heterocycles. The lowest BCUT2D eigenvalue weighted by Crippen LogP contribution is -2.49. The molecule has 144 valence electrons. The molecule has 0 aliphatic heterocycles. The molecule has 0 unspecified atom stereocenters. The molecular weight excluding hydrogens is 340 g/mol. The van der Waals surface area contributed by atoms with E-state index in [1.807, 2.05) is 68.4 Å². The van der Waals surface area contributed by atoms with Gasteiger partial charge in [-0.05, 0) is 44.0 Å². The largest absolute Gasteiger partial charge is 0.497 e. The second-order valence-corrected chi connectivity index (χ2v) is 6.87. The minimum absolute atomic E-state index is 0.0165. The summed E-state index contributed by atoms with van der Waals surface area (Å²) in [5.74, 6) is 0.479. The first-order valence-electron chi connectivity index (χ1n) is 9.17. The van der Waals surface area contributed by atoms with Crippen molar-refractivity contribution >= 4 is 11.8 Å². The van der Waals surface area contributed by atoms with Crippen LogP contribution in [-0.2, 0) is 22.6 Å². The van der Waals surface area contributed by atoms with E-state index in [1.54, 1.807) is 18.9 Å². The zero-order valence-corrected chi connectivity index (χ0v) is 16.4. The Morgan fingerprint density at radius 3 is 2.30 bits per heavy atom. The molecule has 2 amide bonds. The molecule has 0 saturated heterocycles. The molecule has 0 aliphatic carbocycles. The first-order chi connectivity index (χ1) is 12.9. The van der Waals surface area contributed by atoms with Crippen LogP contribution >= 0.6 is 0 Å². The fraction of sp³-hybridized carbons (Fsp3) is 0.364. The monoisotopic (exact) mass is 368 g/mol. The van der Waals surface area contributed by atoms with Crippen molar-refractivity contribution in [2.24, 2.45) is 0 Å². The smallest absolute Gasteiger partial charge is 0.242 e. The molecule has 2 rings (SSSR count). The summed E-state index contributed by atoms with van der Waals surface area (Å²) in [4.78, 5) is 27.2. The Morgan fingerprint density at radius 2 is 1.67 bits per heavy atom. The van der Waals surface area contributed by atoms with Crippen molar-refractivity contribution in [1.82, 2.24) is 10.2 Å². The van der Waals surface area contributed by atoms with Gasteiger partial charge in [-0.15, -0.1) is 0 Å². The normalized spacial score (nSPS) is 11.7. The second-order valence-electron chi connectivity index (χ2n) is 6.87. The summed E-state index contributed by atoms with van der Waals surface area (Å²) in [5.41, 5.74) is 1.84. The van der Waals surface area contributed by atoms with Crippen molar-refractivity contribution in [2.45, 2.75) is 45.8 Å². The SMILES string of the molecule is COc1cccc(CN(C(=O)Cc2ccccc2)[C@@H](C)C(=O)NC(C)C)c1. The first-order valence-corrected chi connectivity index (χ1v) is 9.17. The van der Waals surface area contributed by atoms with Gasteiger partial charge in [-0.25, -0.2) is 0 Å². The minimum atomic E-state index is -0.574. The van der Waals surface area contributed by atoms with Gasteiger partial charge in [0.1, 0.15) is 11.8 Å². The van der Waals surface area contributed by atoms with E-state index in [2.05, 4.69) is 5.32 Å². The lowest BCUT2D eigenvalue weighted by atomic mass is 10.1. The van der Waals surface area contributed by atoms with Crippen LogP contribution in [0.25, 0.3) is 0 Å². The van der Waals surface area contributed by atoms with Gasteiger partial charge in [0.25, 0.3) is 0 Å². The molecule has 0 spiro atoms. The van der Waals surface area contributed by atoms with Crippen LogP contribution in [0.15, 0.2) is 54.6 Å². The third-order valence-electron chi connectivity index (χ3n) is 4.28. The number of benzene rings is 2. The summed E-state index contributed by atoms with van der Waals surface area (Å²) >= 11 is 0. The Kier molecular flexibility index (Phi) is 7.41. The molecule has 5 nitrogen and oxygen atoms in total. The standard InChI is InChI=1S/C22H28N2O3/c1-16(2)23-22(26)17(3)24(15-19-11-8-12-20(13-19)27-4)21(25)14-18-9-6-5-7-10-18/h5-13,16-17H,14-15H2,1-4H3,(H,23,26)/t17-/m0/s1. The number of nitrogens with one attached hydrogen (secondary N) is 1. The van der Waals surface area contributed by atoms with E-state index in [4.69, 9.17) is 4.74 Å². The van der Waals surface area contributed by atoms with E-state index in [0.29, 0.717) is 6.54 Å². The summed E-state index contributed by atoms with van der Waals surface area (Å²) in [6.45, 7) is 5.92. The van der Waals surface area contributed by atoms with Gasteiger partial charge in [0.05, 0.1) is 13.5 Å². The van der Waals surface area contributed by atoms with Crippen LogP contribution in [-0.4, -0.2) is 35.9 Å². The molecule has 1 atom stereocenters. The lowest BCUT2D eigenvalue weighted by Gasteiger charge is -2.29. The van der Waals surface area contributed by atoms with Gasteiger partial charge in [0.15, 0.2) is 0 Å². The first kappa shape index (κ1) is 20.5. The number of carbonyl (C=O) groups excluding carboxylic acids is 2. The van der Waals surface area contributed by atoms with Crippen LogP contribution in [0.5, 0.6) is 5.75 Å². The molecule has 2 aromatic carbocycles. The molecule has 0 aromatic heterocycles. The van der Waals surface area contributed by atoms with Crippen LogP contribution in [0, 0.1) is 0 Å². The Morgan fingerprint density at radius 1 is 1.00 bits per heavy atom. The minimum Gasteiger partial charge on any atom is -0.497 e. The molecule has 2 aromatic rings. The molecule has 0 aliphatic rings. The highest BCUT2D eigenvalue weighted by molar-refractivity contribution is 5.88. The van der Waals surface area contributed by atoms with Gasteiger partial charge >= 0.3 is 0 Å². The molecular formula is C22H28N2O3. The number of rotatable bonds is 8. The number of hydrogen-bond donors (Lipinski definition) is 1. The molecule has 5 heteroatoms. The van der Waals surface area contributed by atoms with Crippen LogP contribution in [0.3, 0.4) is 0 Å². The van der Waals surface area contributed by atoms with Gasteiger partial charge in [0, 0.05) is 12.6 Å². The number of hydrogen-bond acceptors (Lipinski definition) is 3. The number of amides is 2. The zero-order chi connectivity index (χ0) is 19.8. The summed E-state index contributed by atoms with van der Waals surface area (Å²) in [5, 5.41) is 2.89. The van der Waals surface area contributed by atoms with Crippen molar-refractivity contribution in [2.75, 3.05) is 7.11 Å². The number of carbonyl (C=O) groups is 2. The highest BCUT2D eigenvalue weighted by Gasteiger charge is 2.26.